The molecule has 1 aromatic carbocycles. The Morgan fingerprint density at radius 2 is 2.07 bits per heavy atom. The zero-order valence-corrected chi connectivity index (χ0v) is 8.28. The second kappa shape index (κ2) is 4.80. The molecule has 0 heterocycles. The highest BCUT2D eigenvalue weighted by Gasteiger charge is 2.06. The fraction of sp³-hybridized carbons (Fsp3) is 0.143. The van der Waals surface area contributed by atoms with Crippen LogP contribution in [0.1, 0.15) is 0 Å². The van der Waals surface area contributed by atoms with E-state index in [1.165, 1.54) is 13.1 Å². The molecule has 1 aromatic rings. The van der Waals surface area contributed by atoms with E-state index in [4.69, 9.17) is 16.7 Å². The molecule has 0 bridgehead atoms. The molecule has 0 unspecified atom stereocenters. The van der Waals surface area contributed by atoms with Gasteiger partial charge in [-0.05, 0) is 12.1 Å². The molecule has 0 aliphatic heterocycles. The number of nitrogens with zero attached hydrogens (tertiary/aromatic N) is 2. The highest BCUT2D eigenvalue weighted by atomic mass is 32.2. The Bertz CT molecular complexity index is 356. The Morgan fingerprint density at radius 1 is 1.36 bits per heavy atom. The van der Waals surface area contributed by atoms with Crippen molar-refractivity contribution in [2.75, 3.05) is 18.5 Å². The van der Waals surface area contributed by atoms with Crippen molar-refractivity contribution in [1.82, 2.24) is 0 Å². The molecule has 0 aromatic heterocycles. The van der Waals surface area contributed by atoms with Gasteiger partial charge in [-0.3, -0.25) is 0 Å². The molecular formula is C7H10N4O2S. The summed E-state index contributed by atoms with van der Waals surface area (Å²) in [5, 5.41) is 15.6. The first-order chi connectivity index (χ1) is 6.69. The maximum absolute atomic E-state index is 8.26. The number of benzene rings is 1. The van der Waals surface area contributed by atoms with Gasteiger partial charge in [-0.25, -0.2) is 5.26 Å². The minimum Gasteiger partial charge on any atom is -0.398 e. The van der Waals surface area contributed by atoms with Crippen molar-refractivity contribution in [3.63, 3.8) is 0 Å². The average molecular weight is 214 g/mol. The number of hydrogen-bond acceptors (Lipinski definition) is 7. The van der Waals surface area contributed by atoms with Crippen molar-refractivity contribution in [1.29, 1.82) is 0 Å². The van der Waals surface area contributed by atoms with E-state index < -0.39 is 0 Å². The smallest absolute Gasteiger partial charge is 0.109 e. The highest BCUT2D eigenvalue weighted by Crippen LogP contribution is 2.34. The van der Waals surface area contributed by atoms with Gasteiger partial charge in [0.05, 0.1) is 22.6 Å². The quantitative estimate of drug-likeness (QED) is 0.235. The summed E-state index contributed by atoms with van der Waals surface area (Å²) < 4.78 is 3.91. The fourth-order valence-corrected chi connectivity index (χ4v) is 1.31. The van der Waals surface area contributed by atoms with Crippen LogP contribution in [-0.2, 0) is 4.33 Å². The molecule has 0 saturated heterocycles. The zero-order valence-electron chi connectivity index (χ0n) is 7.47. The Kier molecular flexibility index (Phi) is 3.69. The Morgan fingerprint density at radius 3 is 2.64 bits per heavy atom. The summed E-state index contributed by atoms with van der Waals surface area (Å²) in [6.07, 6.45) is 0. The van der Waals surface area contributed by atoms with Crippen molar-refractivity contribution in [3.8, 4) is 0 Å². The van der Waals surface area contributed by atoms with E-state index >= 15 is 0 Å². The molecule has 0 radical (unpaired) electrons. The Hall–Kier alpha value is -1.31. The monoisotopic (exact) mass is 214 g/mol. The second-order valence-corrected chi connectivity index (χ2v) is 3.16. The molecule has 7 heteroatoms. The molecule has 14 heavy (non-hydrogen) atoms. The zero-order chi connectivity index (χ0) is 10.6. The average Bonchev–Trinajstić information content (AvgIpc) is 2.14. The van der Waals surface area contributed by atoms with Crippen molar-refractivity contribution >= 4 is 29.1 Å². The first kappa shape index (κ1) is 10.8. The molecule has 5 N–H and O–H groups in total. The van der Waals surface area contributed by atoms with E-state index in [1.807, 2.05) is 0 Å². The first-order valence-electron chi connectivity index (χ1n) is 3.66. The summed E-state index contributed by atoms with van der Waals surface area (Å²) in [6.45, 7) is 0. The van der Waals surface area contributed by atoms with Crippen molar-refractivity contribution in [2.24, 2.45) is 10.2 Å². The topological polar surface area (TPSA) is 106 Å². The molecule has 0 atom stereocenters. The largest absolute Gasteiger partial charge is 0.398 e. The summed E-state index contributed by atoms with van der Waals surface area (Å²) in [7, 11) is 1.53. The summed E-state index contributed by atoms with van der Waals surface area (Å²) in [4.78, 5) is 0.532. The molecule has 76 valence electrons. The molecule has 1 rings (SSSR count). The van der Waals surface area contributed by atoms with Crippen LogP contribution in [0.5, 0.6) is 0 Å². The van der Waals surface area contributed by atoms with Crippen LogP contribution < -0.4 is 11.5 Å². The standard InChI is InChI=1S/C7H10N4O2S/c1-10-11-6-3-7(14-13-12)5(9)2-4(6)8/h2-3,12H,8-9H2,1H3. The molecule has 0 aliphatic rings. The van der Waals surface area contributed by atoms with Gasteiger partial charge in [-0.2, -0.15) is 14.6 Å². The molecule has 0 amide bonds. The lowest BCUT2D eigenvalue weighted by molar-refractivity contribution is -0.116. The van der Waals surface area contributed by atoms with E-state index in [2.05, 4.69) is 14.6 Å². The van der Waals surface area contributed by atoms with Crippen LogP contribution >= 0.6 is 12.0 Å². The van der Waals surface area contributed by atoms with Crippen LogP contribution in [-0.4, -0.2) is 12.3 Å². The molecule has 0 saturated carbocycles. The summed E-state index contributed by atoms with van der Waals surface area (Å²) in [6, 6.07) is 3.12. The lowest BCUT2D eigenvalue weighted by atomic mass is 10.2. The van der Waals surface area contributed by atoms with Gasteiger partial charge in [0, 0.05) is 12.7 Å². The maximum Gasteiger partial charge on any atom is 0.109 e. The number of rotatable bonds is 3. The second-order valence-electron chi connectivity index (χ2n) is 2.41. The third-order valence-corrected chi connectivity index (χ3v) is 2.10. The minimum absolute atomic E-state index is 0.414. The van der Waals surface area contributed by atoms with E-state index in [9.17, 15) is 0 Å². The van der Waals surface area contributed by atoms with Crippen LogP contribution in [0.25, 0.3) is 0 Å². The van der Waals surface area contributed by atoms with Gasteiger partial charge in [0.15, 0.2) is 0 Å². The van der Waals surface area contributed by atoms with Crippen LogP contribution in [0, 0.1) is 0 Å². The van der Waals surface area contributed by atoms with Crippen LogP contribution in [0.4, 0.5) is 17.1 Å². The van der Waals surface area contributed by atoms with Crippen LogP contribution in [0.2, 0.25) is 0 Å². The summed E-state index contributed by atoms with van der Waals surface area (Å²) >= 11 is 0.724. The molecular weight excluding hydrogens is 204 g/mol. The Labute approximate surface area is 85.1 Å². The summed E-state index contributed by atoms with van der Waals surface area (Å²) in [5.41, 5.74) is 12.6. The lowest BCUT2D eigenvalue weighted by Gasteiger charge is -2.05. The number of nitrogens with two attached hydrogens (primary N) is 2. The predicted molar refractivity (Wildman–Crippen MR) is 55.3 cm³/mol. The first-order valence-corrected chi connectivity index (χ1v) is 4.40. The third-order valence-electron chi connectivity index (χ3n) is 1.49. The van der Waals surface area contributed by atoms with Gasteiger partial charge < -0.3 is 11.5 Å². The predicted octanol–water partition coefficient (Wildman–Crippen LogP) is 2.06. The van der Waals surface area contributed by atoms with Gasteiger partial charge in [0.25, 0.3) is 0 Å². The highest BCUT2D eigenvalue weighted by molar-refractivity contribution is 7.94. The summed E-state index contributed by atoms with van der Waals surface area (Å²) in [5.74, 6) is 0. The number of anilines is 2. The number of nitrogen functional groups attached to an aromatic ring is 2. The van der Waals surface area contributed by atoms with Crippen LogP contribution in [0.3, 0.4) is 0 Å². The maximum atomic E-state index is 8.26. The van der Waals surface area contributed by atoms with E-state index in [-0.39, 0.29) is 0 Å². The van der Waals surface area contributed by atoms with Crippen LogP contribution in [0.15, 0.2) is 27.3 Å². The lowest BCUT2D eigenvalue weighted by Crippen LogP contribution is -1.93. The number of hydrogen-bond donors (Lipinski definition) is 3. The van der Waals surface area contributed by atoms with E-state index in [0.717, 1.165) is 12.0 Å². The molecule has 6 nitrogen and oxygen atoms in total. The fourth-order valence-electron chi connectivity index (χ4n) is 0.910. The molecule has 0 aliphatic carbocycles. The van der Waals surface area contributed by atoms with Gasteiger partial charge in [-0.1, -0.05) is 0 Å². The third kappa shape index (κ3) is 2.34. The Balaban J connectivity index is 3.13. The van der Waals surface area contributed by atoms with Gasteiger partial charge >= 0.3 is 0 Å². The van der Waals surface area contributed by atoms with Crippen molar-refractivity contribution in [3.05, 3.63) is 12.1 Å². The molecule has 0 fully saturated rings. The van der Waals surface area contributed by atoms with E-state index in [1.54, 1.807) is 6.07 Å². The van der Waals surface area contributed by atoms with Crippen molar-refractivity contribution < 1.29 is 9.59 Å². The van der Waals surface area contributed by atoms with E-state index in [0.29, 0.717) is 22.0 Å². The van der Waals surface area contributed by atoms with Gasteiger partial charge in [0.1, 0.15) is 5.69 Å². The number of azo groups is 1. The normalized spacial score (nSPS) is 11.0. The van der Waals surface area contributed by atoms with Crippen molar-refractivity contribution in [2.45, 2.75) is 4.90 Å². The molecule has 0 spiro atoms. The minimum atomic E-state index is 0.414. The van der Waals surface area contributed by atoms with Gasteiger partial charge in [-0.15, -0.1) is 0 Å². The van der Waals surface area contributed by atoms with Gasteiger partial charge in [0.2, 0.25) is 0 Å². The SMILES string of the molecule is CN=Nc1cc(SOO)c(N)cc1N.